The Morgan fingerprint density at radius 1 is 1.03 bits per heavy atom. The van der Waals surface area contributed by atoms with E-state index in [-0.39, 0.29) is 29.3 Å². The van der Waals surface area contributed by atoms with E-state index in [0.717, 1.165) is 0 Å². The maximum atomic E-state index is 14.0. The number of nitrogens with one attached hydrogen (secondary N) is 1. The summed E-state index contributed by atoms with van der Waals surface area (Å²) in [6.45, 7) is 0.144. The first-order valence-electron chi connectivity index (χ1n) is 8.99. The molecule has 3 aromatic carbocycles. The Labute approximate surface area is 193 Å². The Morgan fingerprint density at radius 3 is 2.48 bits per heavy atom. The topological polar surface area (TPSA) is 67.8 Å². The van der Waals surface area contributed by atoms with Crippen LogP contribution in [0.1, 0.15) is 21.5 Å². The van der Waals surface area contributed by atoms with Gasteiger partial charge in [-0.2, -0.15) is 0 Å². The first-order chi connectivity index (χ1) is 14.8. The monoisotopic (exact) mass is 483 g/mol. The lowest BCUT2D eigenvalue weighted by atomic mass is 10.1. The summed E-state index contributed by atoms with van der Waals surface area (Å²) in [6, 6.07) is 12.0. The van der Waals surface area contributed by atoms with Crippen molar-refractivity contribution in [2.75, 3.05) is 12.4 Å². The molecule has 2 N–H and O–H groups in total. The number of hydrogen-bond donors (Lipinski definition) is 2. The van der Waals surface area contributed by atoms with Crippen LogP contribution in [0.15, 0.2) is 48.5 Å². The van der Waals surface area contributed by atoms with Crippen LogP contribution in [-0.2, 0) is 13.2 Å². The molecule has 0 bridgehead atoms. The van der Waals surface area contributed by atoms with E-state index in [4.69, 9.17) is 49.4 Å². The standard InChI is InChI=1S/C22H17Cl3FNO4/c1-30-20-8-13(10-27-19-7-12(22(28)29)5-6-16(19)24)17(25)9-21(20)31-11-14-15(23)3-2-4-18(14)26/h2-9,27H,10-11H2,1H3,(H,28,29). The van der Waals surface area contributed by atoms with Gasteiger partial charge < -0.3 is 19.9 Å². The van der Waals surface area contributed by atoms with Crippen LogP contribution in [0.5, 0.6) is 11.5 Å². The second-order valence-corrected chi connectivity index (χ2v) is 7.66. The second kappa shape index (κ2) is 10.1. The molecule has 3 rings (SSSR count). The van der Waals surface area contributed by atoms with Crippen LogP contribution in [-0.4, -0.2) is 18.2 Å². The molecule has 0 unspecified atom stereocenters. The molecule has 0 atom stereocenters. The molecule has 31 heavy (non-hydrogen) atoms. The minimum atomic E-state index is -1.06. The zero-order chi connectivity index (χ0) is 22.5. The Kier molecular flexibility index (Phi) is 7.49. The lowest BCUT2D eigenvalue weighted by Crippen LogP contribution is -2.05. The molecule has 0 radical (unpaired) electrons. The van der Waals surface area contributed by atoms with Gasteiger partial charge in [-0.05, 0) is 42.0 Å². The van der Waals surface area contributed by atoms with Crippen molar-refractivity contribution in [2.24, 2.45) is 0 Å². The van der Waals surface area contributed by atoms with Crippen LogP contribution >= 0.6 is 34.8 Å². The van der Waals surface area contributed by atoms with Crippen LogP contribution in [0.25, 0.3) is 0 Å². The number of benzene rings is 3. The summed E-state index contributed by atoms with van der Waals surface area (Å²) in [5.41, 5.74) is 1.44. The Bertz CT molecular complexity index is 1100. The molecule has 0 saturated carbocycles. The molecule has 0 aliphatic heterocycles. The van der Waals surface area contributed by atoms with Gasteiger partial charge in [0.1, 0.15) is 12.4 Å². The number of carbonyl (C=O) groups is 1. The lowest BCUT2D eigenvalue weighted by Gasteiger charge is -2.16. The largest absolute Gasteiger partial charge is 0.493 e. The molecule has 0 spiro atoms. The molecule has 3 aromatic rings. The van der Waals surface area contributed by atoms with E-state index in [9.17, 15) is 9.18 Å². The number of hydrogen-bond acceptors (Lipinski definition) is 4. The van der Waals surface area contributed by atoms with E-state index < -0.39 is 11.8 Å². The summed E-state index contributed by atoms with van der Waals surface area (Å²) < 4.78 is 25.0. The van der Waals surface area contributed by atoms with Gasteiger partial charge in [0.25, 0.3) is 0 Å². The smallest absolute Gasteiger partial charge is 0.335 e. The van der Waals surface area contributed by atoms with Crippen molar-refractivity contribution in [3.05, 3.63) is 86.1 Å². The molecular weight excluding hydrogens is 468 g/mol. The molecule has 0 heterocycles. The Morgan fingerprint density at radius 2 is 1.81 bits per heavy atom. The van der Waals surface area contributed by atoms with Gasteiger partial charge in [-0.15, -0.1) is 0 Å². The van der Waals surface area contributed by atoms with Crippen molar-refractivity contribution in [3.8, 4) is 11.5 Å². The zero-order valence-corrected chi connectivity index (χ0v) is 18.5. The van der Waals surface area contributed by atoms with E-state index in [1.807, 2.05) is 0 Å². The van der Waals surface area contributed by atoms with Crippen molar-refractivity contribution in [2.45, 2.75) is 13.2 Å². The normalized spacial score (nSPS) is 10.6. The van der Waals surface area contributed by atoms with E-state index in [1.165, 1.54) is 37.4 Å². The van der Waals surface area contributed by atoms with Gasteiger partial charge in [0.05, 0.1) is 28.4 Å². The van der Waals surface area contributed by atoms with Crippen LogP contribution in [0.2, 0.25) is 15.1 Å². The minimum absolute atomic E-state index is 0.103. The molecule has 162 valence electrons. The molecule has 0 aliphatic rings. The quantitative estimate of drug-likeness (QED) is 0.373. The third-order valence-corrected chi connectivity index (χ3v) is 5.48. The minimum Gasteiger partial charge on any atom is -0.493 e. The summed E-state index contributed by atoms with van der Waals surface area (Å²) in [7, 11) is 1.47. The van der Waals surface area contributed by atoms with Gasteiger partial charge in [-0.25, -0.2) is 9.18 Å². The predicted octanol–water partition coefficient (Wildman–Crippen LogP) is 6.68. The fourth-order valence-electron chi connectivity index (χ4n) is 2.79. The number of anilines is 1. The van der Waals surface area contributed by atoms with Gasteiger partial charge in [-0.1, -0.05) is 40.9 Å². The fraction of sp³-hybridized carbons (Fsp3) is 0.136. The first-order valence-corrected chi connectivity index (χ1v) is 10.1. The Balaban J connectivity index is 1.78. The van der Waals surface area contributed by atoms with Gasteiger partial charge >= 0.3 is 5.97 Å². The van der Waals surface area contributed by atoms with Crippen molar-refractivity contribution in [1.82, 2.24) is 0 Å². The fourth-order valence-corrected chi connectivity index (χ4v) is 3.41. The average Bonchev–Trinajstić information content (AvgIpc) is 2.73. The summed E-state index contributed by atoms with van der Waals surface area (Å²) >= 11 is 18.6. The van der Waals surface area contributed by atoms with E-state index in [1.54, 1.807) is 18.2 Å². The van der Waals surface area contributed by atoms with E-state index in [2.05, 4.69) is 5.32 Å². The van der Waals surface area contributed by atoms with Crippen LogP contribution in [0, 0.1) is 5.82 Å². The van der Waals surface area contributed by atoms with Crippen LogP contribution in [0.3, 0.4) is 0 Å². The average molecular weight is 485 g/mol. The number of methoxy groups -OCH3 is 1. The van der Waals surface area contributed by atoms with E-state index >= 15 is 0 Å². The highest BCUT2D eigenvalue weighted by Crippen LogP contribution is 2.35. The van der Waals surface area contributed by atoms with Crippen molar-refractivity contribution < 1.29 is 23.8 Å². The molecule has 5 nitrogen and oxygen atoms in total. The maximum Gasteiger partial charge on any atom is 0.335 e. The molecule has 0 aromatic heterocycles. The number of carboxylic acid groups (broad SMARTS) is 1. The van der Waals surface area contributed by atoms with Gasteiger partial charge in [0.15, 0.2) is 11.5 Å². The second-order valence-electron chi connectivity index (χ2n) is 6.44. The molecule has 0 fully saturated rings. The lowest BCUT2D eigenvalue weighted by molar-refractivity contribution is 0.0697. The van der Waals surface area contributed by atoms with Gasteiger partial charge in [0, 0.05) is 23.2 Å². The van der Waals surface area contributed by atoms with Crippen molar-refractivity contribution >= 4 is 46.5 Å². The molecule has 0 amide bonds. The molecular formula is C22H17Cl3FNO4. The highest BCUT2D eigenvalue weighted by molar-refractivity contribution is 6.33. The van der Waals surface area contributed by atoms with Crippen LogP contribution < -0.4 is 14.8 Å². The summed E-state index contributed by atoms with van der Waals surface area (Å²) in [5.74, 6) is -0.824. The molecule has 0 aliphatic carbocycles. The number of ether oxygens (including phenoxy) is 2. The highest BCUT2D eigenvalue weighted by atomic mass is 35.5. The van der Waals surface area contributed by atoms with E-state index in [0.29, 0.717) is 32.8 Å². The number of aromatic carboxylic acids is 1. The molecule has 0 saturated heterocycles. The van der Waals surface area contributed by atoms with Gasteiger partial charge in [-0.3, -0.25) is 0 Å². The highest BCUT2D eigenvalue weighted by Gasteiger charge is 2.14. The molecule has 9 heteroatoms. The summed E-state index contributed by atoms with van der Waals surface area (Å²) in [4.78, 5) is 11.2. The third kappa shape index (κ3) is 5.53. The zero-order valence-electron chi connectivity index (χ0n) is 16.2. The number of halogens is 4. The number of carboxylic acids is 1. The third-order valence-electron chi connectivity index (χ3n) is 4.45. The predicted molar refractivity (Wildman–Crippen MR) is 119 cm³/mol. The van der Waals surface area contributed by atoms with Crippen molar-refractivity contribution in [3.63, 3.8) is 0 Å². The first kappa shape index (κ1) is 23.0. The summed E-state index contributed by atoms with van der Waals surface area (Å²) in [5, 5.41) is 13.2. The van der Waals surface area contributed by atoms with Gasteiger partial charge in [0.2, 0.25) is 0 Å². The SMILES string of the molecule is COc1cc(CNc2cc(C(=O)O)ccc2Cl)c(Cl)cc1OCc1c(F)cccc1Cl. The maximum absolute atomic E-state index is 14.0. The summed E-state index contributed by atoms with van der Waals surface area (Å²) in [6.07, 6.45) is 0. The van der Waals surface area contributed by atoms with Crippen molar-refractivity contribution in [1.29, 1.82) is 0 Å². The van der Waals surface area contributed by atoms with Crippen LogP contribution in [0.4, 0.5) is 10.1 Å². The number of rotatable bonds is 8. The Hall–Kier alpha value is -2.67.